The molecule has 164 valence electrons. The predicted octanol–water partition coefficient (Wildman–Crippen LogP) is 3.10. The molecule has 1 aliphatic rings. The molecule has 0 spiro atoms. The molecule has 1 fully saturated rings. The lowest BCUT2D eigenvalue weighted by Crippen LogP contribution is -2.33. The van der Waals surface area contributed by atoms with Crippen molar-refractivity contribution in [2.24, 2.45) is 5.73 Å². The third kappa shape index (κ3) is 7.32. The van der Waals surface area contributed by atoms with Crippen LogP contribution in [0.15, 0.2) is 42.6 Å². The number of hydrogen-bond acceptors (Lipinski definition) is 6. The fourth-order valence-electron chi connectivity index (χ4n) is 2.72. The van der Waals surface area contributed by atoms with Gasteiger partial charge in [0.25, 0.3) is 0 Å². The second-order valence-corrected chi connectivity index (χ2v) is 7.77. The molecule has 1 aromatic heterocycles. The smallest absolute Gasteiger partial charge is 0.321 e. The molecule has 1 saturated heterocycles. The monoisotopic (exact) mass is 477 g/mol. The summed E-state index contributed by atoms with van der Waals surface area (Å²) in [6.07, 6.45) is 2.00. The number of thioether (sulfide) groups is 1. The van der Waals surface area contributed by atoms with Gasteiger partial charge in [-0.3, -0.25) is 9.59 Å². The van der Waals surface area contributed by atoms with Gasteiger partial charge in [0.05, 0.1) is 0 Å². The number of aromatic nitrogens is 1. The molecule has 2 heterocycles. The molecule has 2 atom stereocenters. The molecule has 0 radical (unpaired) electrons. The zero-order valence-corrected chi connectivity index (χ0v) is 18.2. The van der Waals surface area contributed by atoms with E-state index in [9.17, 15) is 14.0 Å². The maximum Gasteiger partial charge on any atom is 0.321 e. The van der Waals surface area contributed by atoms with Gasteiger partial charge in [0.2, 0.25) is 11.8 Å². The highest BCUT2D eigenvalue weighted by Gasteiger charge is 2.30. The molecule has 0 aliphatic carbocycles. The Bertz CT molecular complexity index is 843. The maximum absolute atomic E-state index is 12.9. The lowest BCUT2D eigenvalue weighted by molar-refractivity contribution is -0.138. The first-order valence-electron chi connectivity index (χ1n) is 8.67. The van der Waals surface area contributed by atoms with E-state index in [0.717, 1.165) is 5.56 Å². The lowest BCUT2D eigenvalue weighted by Gasteiger charge is -2.17. The first kappa shape index (κ1) is 26.0. The zero-order valence-electron chi connectivity index (χ0n) is 15.8. The molecule has 1 aromatic carbocycles. The summed E-state index contributed by atoms with van der Waals surface area (Å²) in [6.45, 7) is 0.967. The Morgan fingerprint density at radius 2 is 2.00 bits per heavy atom. The van der Waals surface area contributed by atoms with E-state index in [1.807, 2.05) is 6.07 Å². The number of hydrogen-bond donors (Lipinski definition) is 2. The fourth-order valence-corrected chi connectivity index (χ4v) is 3.89. The third-order valence-corrected chi connectivity index (χ3v) is 5.55. The van der Waals surface area contributed by atoms with Crippen LogP contribution in [0.5, 0.6) is 11.6 Å². The highest BCUT2D eigenvalue weighted by molar-refractivity contribution is 8.00. The summed E-state index contributed by atoms with van der Waals surface area (Å²) in [7, 11) is 0. The van der Waals surface area contributed by atoms with Crippen LogP contribution >= 0.6 is 36.6 Å². The minimum absolute atomic E-state index is 0. The van der Waals surface area contributed by atoms with Crippen molar-refractivity contribution in [1.29, 1.82) is 0 Å². The summed E-state index contributed by atoms with van der Waals surface area (Å²) in [5, 5.41) is 8.87. The van der Waals surface area contributed by atoms with Crippen molar-refractivity contribution < 1.29 is 23.8 Å². The number of nitrogens with zero attached hydrogens (tertiary/aromatic N) is 2. The minimum atomic E-state index is -1.04. The number of aliphatic carboxylic acids is 1. The van der Waals surface area contributed by atoms with Gasteiger partial charge in [-0.2, -0.15) is 11.8 Å². The second kappa shape index (κ2) is 11.9. The van der Waals surface area contributed by atoms with Crippen LogP contribution in [0.25, 0.3) is 0 Å². The number of likely N-dealkylation sites (tertiary alicyclic amines) is 1. The van der Waals surface area contributed by atoms with Crippen LogP contribution in [0, 0.1) is 5.82 Å². The Morgan fingerprint density at radius 3 is 2.60 bits per heavy atom. The average molecular weight is 478 g/mol. The van der Waals surface area contributed by atoms with Gasteiger partial charge < -0.3 is 20.5 Å². The number of halogens is 3. The standard InChI is InChI=1S/C19H20FN3O4S.2ClH/c20-13-2-4-14(5-3-13)27-17-6-1-12(8-22-17)9-23-10-15(7-18(23)24)28-11-16(21)19(25)26;;/h1-6,8,15-16H,7,9-11,21H2,(H,25,26);2*1H/t15-,16+;;/m1../s1. The van der Waals surface area contributed by atoms with Gasteiger partial charge in [0.1, 0.15) is 17.6 Å². The Kier molecular flexibility index (Phi) is 10.3. The van der Waals surface area contributed by atoms with Crippen molar-refractivity contribution in [2.75, 3.05) is 12.3 Å². The van der Waals surface area contributed by atoms with Gasteiger partial charge in [-0.05, 0) is 29.8 Å². The molecule has 1 amide bonds. The van der Waals surface area contributed by atoms with Crippen LogP contribution in [-0.2, 0) is 16.1 Å². The summed E-state index contributed by atoms with van der Waals surface area (Å²) in [5.41, 5.74) is 6.36. The van der Waals surface area contributed by atoms with E-state index in [1.165, 1.54) is 36.0 Å². The van der Waals surface area contributed by atoms with Crippen LogP contribution in [0.3, 0.4) is 0 Å². The summed E-state index contributed by atoms with van der Waals surface area (Å²) in [5.74, 6) is -0.226. The Morgan fingerprint density at radius 1 is 1.30 bits per heavy atom. The van der Waals surface area contributed by atoms with E-state index < -0.39 is 12.0 Å². The number of pyridine rings is 1. The largest absolute Gasteiger partial charge is 0.480 e. The quantitative estimate of drug-likeness (QED) is 0.601. The lowest BCUT2D eigenvalue weighted by atomic mass is 10.2. The van der Waals surface area contributed by atoms with Crippen molar-refractivity contribution in [3.8, 4) is 11.6 Å². The predicted molar refractivity (Wildman–Crippen MR) is 117 cm³/mol. The number of amides is 1. The molecule has 3 N–H and O–H groups in total. The van der Waals surface area contributed by atoms with Gasteiger partial charge in [-0.1, -0.05) is 6.07 Å². The first-order chi connectivity index (χ1) is 13.4. The molecule has 0 bridgehead atoms. The van der Waals surface area contributed by atoms with Gasteiger partial charge in [-0.25, -0.2) is 9.37 Å². The van der Waals surface area contributed by atoms with E-state index in [1.54, 1.807) is 17.2 Å². The van der Waals surface area contributed by atoms with E-state index in [0.29, 0.717) is 31.1 Å². The molecule has 1 aliphatic heterocycles. The molecular formula is C19H22Cl2FN3O4S. The van der Waals surface area contributed by atoms with Crippen LogP contribution in [0.4, 0.5) is 4.39 Å². The van der Waals surface area contributed by atoms with Gasteiger partial charge in [0.15, 0.2) is 0 Å². The average Bonchev–Trinajstić information content (AvgIpc) is 3.02. The first-order valence-corrected chi connectivity index (χ1v) is 9.71. The molecule has 11 heteroatoms. The number of carbonyl (C=O) groups is 2. The Hall–Kier alpha value is -2.07. The molecule has 0 saturated carbocycles. The number of ether oxygens (including phenoxy) is 1. The van der Waals surface area contributed by atoms with Crippen molar-refractivity contribution in [3.63, 3.8) is 0 Å². The Balaban J connectivity index is 0.00000225. The summed E-state index contributed by atoms with van der Waals surface area (Å²) >= 11 is 1.41. The molecule has 0 unspecified atom stereocenters. The third-order valence-electron chi connectivity index (χ3n) is 4.21. The molecule has 7 nitrogen and oxygen atoms in total. The fraction of sp³-hybridized carbons (Fsp3) is 0.316. The van der Waals surface area contributed by atoms with E-state index in [2.05, 4.69) is 4.98 Å². The molecule has 30 heavy (non-hydrogen) atoms. The van der Waals surface area contributed by atoms with Crippen molar-refractivity contribution in [3.05, 3.63) is 54.0 Å². The minimum Gasteiger partial charge on any atom is -0.480 e. The van der Waals surface area contributed by atoms with E-state index in [4.69, 9.17) is 15.6 Å². The number of rotatable bonds is 8. The van der Waals surface area contributed by atoms with Crippen LogP contribution in [0.1, 0.15) is 12.0 Å². The summed E-state index contributed by atoms with van der Waals surface area (Å²) in [6, 6.07) is 8.23. The van der Waals surface area contributed by atoms with E-state index >= 15 is 0 Å². The SMILES string of the molecule is Cl.Cl.N[C@@H](CS[C@@H]1CC(=O)N(Cc2ccc(Oc3ccc(F)cc3)nc2)C1)C(=O)O. The Labute approximate surface area is 190 Å². The van der Waals surface area contributed by atoms with E-state index in [-0.39, 0.29) is 47.5 Å². The normalized spacial score (nSPS) is 16.4. The number of carboxylic acids is 1. The number of nitrogens with two attached hydrogens (primary N) is 1. The van der Waals surface area contributed by atoms with Crippen molar-refractivity contribution in [1.82, 2.24) is 9.88 Å². The maximum atomic E-state index is 12.9. The number of benzene rings is 1. The molecule has 3 rings (SSSR count). The van der Waals surface area contributed by atoms with Gasteiger partial charge >= 0.3 is 5.97 Å². The van der Waals surface area contributed by atoms with Crippen LogP contribution < -0.4 is 10.5 Å². The zero-order chi connectivity index (χ0) is 20.1. The van der Waals surface area contributed by atoms with Gasteiger partial charge in [0, 0.05) is 42.8 Å². The van der Waals surface area contributed by atoms with Crippen LogP contribution in [-0.4, -0.2) is 50.5 Å². The highest BCUT2D eigenvalue weighted by atomic mass is 35.5. The van der Waals surface area contributed by atoms with Crippen molar-refractivity contribution in [2.45, 2.75) is 24.3 Å². The summed E-state index contributed by atoms with van der Waals surface area (Å²) in [4.78, 5) is 28.9. The number of carboxylic acid groups (broad SMARTS) is 1. The second-order valence-electron chi connectivity index (χ2n) is 6.44. The highest BCUT2D eigenvalue weighted by Crippen LogP contribution is 2.26. The van der Waals surface area contributed by atoms with Crippen LogP contribution in [0.2, 0.25) is 0 Å². The number of carbonyl (C=O) groups excluding carboxylic acids is 1. The molecular weight excluding hydrogens is 456 g/mol. The topological polar surface area (TPSA) is 106 Å². The van der Waals surface area contributed by atoms with Gasteiger partial charge in [-0.15, -0.1) is 24.8 Å². The molecule has 2 aromatic rings. The summed E-state index contributed by atoms with van der Waals surface area (Å²) < 4.78 is 18.5. The van der Waals surface area contributed by atoms with Crippen molar-refractivity contribution >= 4 is 48.5 Å².